The maximum absolute atomic E-state index is 13.0. The van der Waals surface area contributed by atoms with Crippen molar-refractivity contribution in [2.75, 3.05) is 11.9 Å². The van der Waals surface area contributed by atoms with Gasteiger partial charge in [-0.25, -0.2) is 9.50 Å². The van der Waals surface area contributed by atoms with Crippen LogP contribution in [0.5, 0.6) is 5.75 Å². The molecule has 9 heteroatoms. The lowest BCUT2D eigenvalue weighted by Gasteiger charge is -2.12. The minimum Gasteiger partial charge on any atom is -0.490 e. The van der Waals surface area contributed by atoms with Crippen molar-refractivity contribution in [2.45, 2.75) is 6.54 Å². The number of carbonyl (C=O) groups is 1. The van der Waals surface area contributed by atoms with Crippen molar-refractivity contribution >= 4 is 28.1 Å². The van der Waals surface area contributed by atoms with E-state index in [4.69, 9.17) is 4.74 Å². The number of hydrogen-bond donors (Lipinski definition) is 2. The molecule has 0 bridgehead atoms. The molecule has 0 saturated carbocycles. The maximum Gasteiger partial charge on any atom is 0.261 e. The number of aromatic amines is 1. The van der Waals surface area contributed by atoms with Gasteiger partial charge < -0.3 is 19.6 Å². The number of carbonyl (C=O) groups excluding carboxylic acids is 1. The van der Waals surface area contributed by atoms with E-state index in [1.165, 1.54) is 6.20 Å². The van der Waals surface area contributed by atoms with Crippen LogP contribution in [0.15, 0.2) is 78.2 Å². The van der Waals surface area contributed by atoms with Crippen molar-refractivity contribution < 1.29 is 9.53 Å². The first-order chi connectivity index (χ1) is 15.2. The van der Waals surface area contributed by atoms with Gasteiger partial charge in [-0.15, -0.1) is 0 Å². The fourth-order valence-corrected chi connectivity index (χ4v) is 3.41. The van der Waals surface area contributed by atoms with Gasteiger partial charge in [0.2, 0.25) is 0 Å². The van der Waals surface area contributed by atoms with Gasteiger partial charge >= 0.3 is 0 Å². The fraction of sp³-hybridized carbons (Fsp3) is 0.0909. The molecule has 3 aromatic heterocycles. The molecule has 0 fully saturated rings. The first kappa shape index (κ1) is 18.6. The quantitative estimate of drug-likeness (QED) is 0.444. The standard InChI is InChI=1S/C22H18N6O3/c29-21-15-5-1-3-7-18(15)28-20(26-21)16(13-24-28)22(30)25-17-6-2-4-8-19(17)31-12-11-27-10-9-23-14-27/h1-10,13-14H,11-12H2,(H,25,30)(H,26,29). The van der Waals surface area contributed by atoms with Crippen LogP contribution >= 0.6 is 0 Å². The number of para-hydroxylation sites is 3. The Hall–Kier alpha value is -4.40. The van der Waals surface area contributed by atoms with Gasteiger partial charge in [-0.1, -0.05) is 24.3 Å². The molecule has 2 aromatic carbocycles. The van der Waals surface area contributed by atoms with Crippen LogP contribution in [0.3, 0.4) is 0 Å². The topological polar surface area (TPSA) is 106 Å². The molecule has 0 unspecified atom stereocenters. The normalized spacial score (nSPS) is 11.1. The van der Waals surface area contributed by atoms with Gasteiger partial charge in [0.25, 0.3) is 11.5 Å². The number of hydrogen-bond acceptors (Lipinski definition) is 5. The molecule has 5 aromatic rings. The van der Waals surface area contributed by atoms with E-state index < -0.39 is 5.91 Å². The monoisotopic (exact) mass is 414 g/mol. The van der Waals surface area contributed by atoms with Crippen LogP contribution in [0, 0.1) is 0 Å². The lowest BCUT2D eigenvalue weighted by molar-refractivity contribution is 0.102. The van der Waals surface area contributed by atoms with Crippen LogP contribution in [0.4, 0.5) is 5.69 Å². The summed E-state index contributed by atoms with van der Waals surface area (Å²) in [6.45, 7) is 1.05. The van der Waals surface area contributed by atoms with Crippen LogP contribution in [-0.4, -0.2) is 36.7 Å². The fourth-order valence-electron chi connectivity index (χ4n) is 3.41. The first-order valence-corrected chi connectivity index (χ1v) is 9.68. The van der Waals surface area contributed by atoms with E-state index in [1.807, 2.05) is 29.0 Å². The summed E-state index contributed by atoms with van der Waals surface area (Å²) in [4.78, 5) is 32.2. The van der Waals surface area contributed by atoms with Crippen molar-refractivity contribution in [1.82, 2.24) is 24.1 Å². The van der Waals surface area contributed by atoms with Crippen LogP contribution in [-0.2, 0) is 6.54 Å². The summed E-state index contributed by atoms with van der Waals surface area (Å²) in [7, 11) is 0. The zero-order valence-electron chi connectivity index (χ0n) is 16.4. The lowest BCUT2D eigenvalue weighted by Crippen LogP contribution is -2.16. The second kappa shape index (κ2) is 7.79. The van der Waals surface area contributed by atoms with E-state index in [0.717, 1.165) is 0 Å². The smallest absolute Gasteiger partial charge is 0.261 e. The number of rotatable bonds is 6. The molecule has 3 heterocycles. The third-order valence-corrected chi connectivity index (χ3v) is 4.92. The van der Waals surface area contributed by atoms with Crippen molar-refractivity contribution in [1.29, 1.82) is 0 Å². The summed E-state index contributed by atoms with van der Waals surface area (Å²) in [6, 6.07) is 14.3. The number of imidazole rings is 1. The summed E-state index contributed by atoms with van der Waals surface area (Å²) < 4.78 is 9.31. The van der Waals surface area contributed by atoms with Crippen molar-refractivity contribution in [3.63, 3.8) is 0 Å². The Kier molecular flexibility index (Phi) is 4.68. The van der Waals surface area contributed by atoms with Crippen LogP contribution in [0.1, 0.15) is 10.4 Å². The molecule has 31 heavy (non-hydrogen) atoms. The zero-order valence-corrected chi connectivity index (χ0v) is 16.4. The number of aromatic nitrogens is 5. The summed E-state index contributed by atoms with van der Waals surface area (Å²) in [5, 5.41) is 7.66. The molecule has 0 atom stereocenters. The summed E-state index contributed by atoms with van der Waals surface area (Å²) >= 11 is 0. The Morgan fingerprint density at radius 2 is 1.97 bits per heavy atom. The highest BCUT2D eigenvalue weighted by Crippen LogP contribution is 2.25. The second-order valence-corrected chi connectivity index (χ2v) is 6.89. The number of nitrogens with one attached hydrogen (secondary N) is 2. The average molecular weight is 414 g/mol. The third kappa shape index (κ3) is 3.52. The van der Waals surface area contributed by atoms with Gasteiger partial charge in [-0.2, -0.15) is 5.10 Å². The van der Waals surface area contributed by atoms with E-state index in [9.17, 15) is 9.59 Å². The van der Waals surface area contributed by atoms with Crippen molar-refractivity contribution in [3.8, 4) is 5.75 Å². The van der Waals surface area contributed by atoms with Gasteiger partial charge in [0.15, 0.2) is 0 Å². The molecular formula is C22H18N6O3. The predicted molar refractivity (Wildman–Crippen MR) is 115 cm³/mol. The van der Waals surface area contributed by atoms with Gasteiger partial charge in [0, 0.05) is 12.4 Å². The number of anilines is 1. The molecule has 0 aliphatic heterocycles. The summed E-state index contributed by atoms with van der Waals surface area (Å²) in [5.74, 6) is 0.151. The van der Waals surface area contributed by atoms with Gasteiger partial charge in [0.05, 0.1) is 35.7 Å². The number of H-pyrrole nitrogens is 1. The Morgan fingerprint density at radius 3 is 2.84 bits per heavy atom. The highest BCUT2D eigenvalue weighted by Gasteiger charge is 2.17. The average Bonchev–Trinajstić information content (AvgIpc) is 3.45. The number of fused-ring (bicyclic) bond motifs is 3. The number of amides is 1. The molecule has 0 aliphatic carbocycles. The van der Waals surface area contributed by atoms with Gasteiger partial charge in [-0.05, 0) is 24.3 Å². The molecule has 0 saturated heterocycles. The molecule has 9 nitrogen and oxygen atoms in total. The predicted octanol–water partition coefficient (Wildman–Crippen LogP) is 2.70. The highest BCUT2D eigenvalue weighted by atomic mass is 16.5. The Balaban J connectivity index is 1.41. The van der Waals surface area contributed by atoms with Gasteiger partial charge in [0.1, 0.15) is 23.6 Å². The Bertz CT molecular complexity index is 1430. The largest absolute Gasteiger partial charge is 0.490 e. The lowest BCUT2D eigenvalue weighted by atomic mass is 10.2. The maximum atomic E-state index is 13.0. The second-order valence-electron chi connectivity index (χ2n) is 6.89. The van der Waals surface area contributed by atoms with E-state index in [2.05, 4.69) is 20.4 Å². The molecule has 5 rings (SSSR count). The minimum absolute atomic E-state index is 0.260. The van der Waals surface area contributed by atoms with Crippen LogP contribution < -0.4 is 15.6 Å². The van der Waals surface area contributed by atoms with E-state index >= 15 is 0 Å². The molecule has 1 amide bonds. The summed E-state index contributed by atoms with van der Waals surface area (Å²) in [5.41, 5.74) is 1.47. The van der Waals surface area contributed by atoms with Crippen molar-refractivity contribution in [2.24, 2.45) is 0 Å². The molecular weight excluding hydrogens is 396 g/mol. The Morgan fingerprint density at radius 1 is 1.13 bits per heavy atom. The van der Waals surface area contributed by atoms with Crippen molar-refractivity contribution in [3.05, 3.63) is 89.4 Å². The van der Waals surface area contributed by atoms with E-state index in [-0.39, 0.29) is 11.1 Å². The third-order valence-electron chi connectivity index (χ3n) is 4.92. The summed E-state index contributed by atoms with van der Waals surface area (Å²) in [6.07, 6.45) is 6.72. The molecule has 2 N–H and O–H groups in total. The molecule has 154 valence electrons. The molecule has 0 aliphatic rings. The van der Waals surface area contributed by atoms with E-state index in [0.29, 0.717) is 41.1 Å². The number of ether oxygens (including phenoxy) is 1. The first-order valence-electron chi connectivity index (χ1n) is 9.68. The van der Waals surface area contributed by atoms with Crippen LogP contribution in [0.2, 0.25) is 0 Å². The minimum atomic E-state index is -0.397. The zero-order chi connectivity index (χ0) is 21.2. The highest BCUT2D eigenvalue weighted by molar-refractivity contribution is 6.09. The number of benzene rings is 2. The number of nitrogens with zero attached hydrogens (tertiary/aromatic N) is 4. The van der Waals surface area contributed by atoms with Gasteiger partial charge in [-0.3, -0.25) is 9.59 Å². The SMILES string of the molecule is O=C(Nc1ccccc1OCCn1ccnc1)c1cnn2c1[nH]c(=O)c1ccccc12. The van der Waals surface area contributed by atoms with E-state index in [1.54, 1.807) is 47.4 Å². The molecule has 0 radical (unpaired) electrons. The molecule has 0 spiro atoms. The van der Waals surface area contributed by atoms with Crippen LogP contribution in [0.25, 0.3) is 16.6 Å². The Labute approximate surface area is 175 Å².